The number of nitrogens with one attached hydrogen (secondary N) is 1. The number of carbonyl (C=O) groups is 1. The van der Waals surface area contributed by atoms with Gasteiger partial charge in [-0.25, -0.2) is 0 Å². The van der Waals surface area contributed by atoms with Crippen molar-refractivity contribution < 1.29 is 19.0 Å². The number of primary amides is 1. The van der Waals surface area contributed by atoms with E-state index in [1.165, 1.54) is 36.8 Å². The Labute approximate surface area is 278 Å². The average molecular weight is 633 g/mol. The molecule has 1 amide bonds. The predicted octanol–water partition coefficient (Wildman–Crippen LogP) is 6.99. The second-order valence-corrected chi connectivity index (χ2v) is 15.9. The highest BCUT2D eigenvalue weighted by atomic mass is 16.6. The maximum Gasteiger partial charge on any atom is 0.239 e. The Hall–Kier alpha value is -3.35. The molecule has 5 saturated carbocycles. The lowest BCUT2D eigenvalue weighted by molar-refractivity contribution is -0.292. The van der Waals surface area contributed by atoms with Crippen molar-refractivity contribution in [3.63, 3.8) is 0 Å². The molecule has 0 aromatic heterocycles. The molecule has 3 aromatic rings. The van der Waals surface area contributed by atoms with Crippen molar-refractivity contribution in [3.8, 4) is 11.5 Å². The first-order valence-corrected chi connectivity index (χ1v) is 17.9. The quantitative estimate of drug-likeness (QED) is 0.252. The highest BCUT2D eigenvalue weighted by molar-refractivity contribution is 5.81. The number of methoxy groups -OCH3 is 2. The molecular weight excluding hydrogens is 584 g/mol. The van der Waals surface area contributed by atoms with Gasteiger partial charge >= 0.3 is 0 Å². The summed E-state index contributed by atoms with van der Waals surface area (Å²) < 4.78 is 20.4. The Balaban J connectivity index is 1.25. The molecule has 6 nitrogen and oxygen atoms in total. The number of rotatable bonds is 10. The van der Waals surface area contributed by atoms with Crippen LogP contribution in [0.25, 0.3) is 0 Å². The van der Waals surface area contributed by atoms with Gasteiger partial charge in [0.2, 0.25) is 5.91 Å². The Kier molecular flexibility index (Phi) is 6.54. The van der Waals surface area contributed by atoms with Crippen LogP contribution in [0.3, 0.4) is 0 Å². The number of ether oxygens (including phenoxy) is 3. The predicted molar refractivity (Wildman–Crippen MR) is 181 cm³/mol. The van der Waals surface area contributed by atoms with Crippen LogP contribution in [0.15, 0.2) is 72.8 Å². The summed E-state index contributed by atoms with van der Waals surface area (Å²) in [7, 11) is 3.67. The van der Waals surface area contributed by atoms with E-state index in [0.717, 1.165) is 66.6 Å². The molecule has 47 heavy (non-hydrogen) atoms. The third-order valence-electron chi connectivity index (χ3n) is 14.3. The van der Waals surface area contributed by atoms with Gasteiger partial charge < -0.3 is 19.9 Å². The third kappa shape index (κ3) is 3.83. The highest BCUT2D eigenvalue weighted by Crippen LogP contribution is 2.80. The molecule has 0 saturated heterocycles. The van der Waals surface area contributed by atoms with E-state index in [1.807, 2.05) is 37.4 Å². The summed E-state index contributed by atoms with van der Waals surface area (Å²) in [5, 5.41) is 3.94. The van der Waals surface area contributed by atoms with Gasteiger partial charge in [0.15, 0.2) is 11.5 Å². The van der Waals surface area contributed by atoms with Gasteiger partial charge in [-0.3, -0.25) is 10.1 Å². The molecule has 2 spiro atoms. The van der Waals surface area contributed by atoms with E-state index in [9.17, 15) is 4.79 Å². The fourth-order valence-corrected chi connectivity index (χ4v) is 12.2. The van der Waals surface area contributed by atoms with Crippen LogP contribution in [0.4, 0.5) is 0 Å². The van der Waals surface area contributed by atoms with Gasteiger partial charge in [-0.1, -0.05) is 79.6 Å². The zero-order valence-electron chi connectivity index (χ0n) is 28.0. The van der Waals surface area contributed by atoms with Gasteiger partial charge in [0.05, 0.1) is 7.11 Å². The number of amides is 1. The summed E-state index contributed by atoms with van der Waals surface area (Å²) in [6.07, 6.45) is 10.6. The first kappa shape index (κ1) is 29.8. The van der Waals surface area contributed by atoms with Gasteiger partial charge in [0.1, 0.15) is 17.7 Å². The summed E-state index contributed by atoms with van der Waals surface area (Å²) in [6, 6.07) is 24.5. The van der Waals surface area contributed by atoms with Crippen LogP contribution in [-0.2, 0) is 26.9 Å². The molecule has 1 heterocycles. The van der Waals surface area contributed by atoms with E-state index in [-0.39, 0.29) is 28.8 Å². The molecule has 7 aliphatic rings. The first-order valence-electron chi connectivity index (χ1n) is 17.9. The molecule has 246 valence electrons. The second-order valence-electron chi connectivity index (χ2n) is 15.9. The molecule has 6 aliphatic carbocycles. The molecule has 1 aliphatic heterocycles. The van der Waals surface area contributed by atoms with Crippen LogP contribution in [0, 0.1) is 29.1 Å². The first-order chi connectivity index (χ1) is 22.8. The minimum atomic E-state index is -0.663. The van der Waals surface area contributed by atoms with Crippen molar-refractivity contribution in [1.29, 1.82) is 0 Å². The minimum absolute atomic E-state index is 0.0175. The fraction of sp³-hybridized carbons (Fsp3) is 0.537. The monoisotopic (exact) mass is 632 g/mol. The SMILES string of the molecule is COc1ccc2c3c1O[C@H]1[C@@]4(OC)CC[C@@]5(C[C@@H]4[C@@](C)(N[C@H](C(N)=O)c4ccccc4)c4ccccc4)[C@@H](C2)C(CC2CC2)CC[C@]315. The third-order valence-corrected chi connectivity index (χ3v) is 14.3. The van der Waals surface area contributed by atoms with Gasteiger partial charge in [-0.2, -0.15) is 0 Å². The van der Waals surface area contributed by atoms with Crippen LogP contribution in [-0.4, -0.2) is 31.8 Å². The van der Waals surface area contributed by atoms with Crippen molar-refractivity contribution in [1.82, 2.24) is 5.32 Å². The van der Waals surface area contributed by atoms with Crippen molar-refractivity contribution in [2.45, 2.75) is 93.4 Å². The number of fused-ring (bicyclic) bond motifs is 2. The number of carbonyl (C=O) groups excluding carboxylic acids is 1. The molecule has 1 unspecified atom stereocenters. The van der Waals surface area contributed by atoms with Gasteiger partial charge in [-0.15, -0.1) is 0 Å². The van der Waals surface area contributed by atoms with E-state index in [1.54, 1.807) is 7.11 Å². The van der Waals surface area contributed by atoms with Gasteiger partial charge in [0.25, 0.3) is 0 Å². The van der Waals surface area contributed by atoms with Crippen LogP contribution in [0.5, 0.6) is 11.5 Å². The molecule has 3 N–H and O–H groups in total. The maximum atomic E-state index is 13.3. The standard InChI is InChI=1S/C41H48N2O4/c1-38(29-12-8-5-9-13-29,43-34(36(42)44)26-10-6-4-7-11-26)32-24-39-20-21-41(32,46-3)37-40(39)19-18-27(22-25-14-15-25)30(39)23-28-16-17-31(45-2)35(47-37)33(28)40/h4-13,16-17,25,27,30,32,34,37,43H,14-15,18-24H2,1-3H3,(H2,42,44)/t27?,30-,32+,34-,37+,38-,39+,40-,41+/m0/s1. The molecule has 0 radical (unpaired) electrons. The number of nitrogens with two attached hydrogens (primary N) is 1. The summed E-state index contributed by atoms with van der Waals surface area (Å²) in [4.78, 5) is 13.3. The average Bonchev–Trinajstić information content (AvgIpc) is 3.85. The number of benzene rings is 3. The van der Waals surface area contributed by atoms with Crippen molar-refractivity contribution >= 4 is 5.91 Å². The van der Waals surface area contributed by atoms with Crippen molar-refractivity contribution in [2.24, 2.45) is 34.8 Å². The lowest BCUT2D eigenvalue weighted by atomic mass is 9.30. The molecule has 10 rings (SSSR count). The van der Waals surface area contributed by atoms with Gasteiger partial charge in [-0.05, 0) is 97.8 Å². The van der Waals surface area contributed by atoms with Gasteiger partial charge in [0, 0.05) is 29.5 Å². The summed E-state index contributed by atoms with van der Waals surface area (Å²) in [5.41, 5.74) is 9.87. The Morgan fingerprint density at radius 3 is 2.43 bits per heavy atom. The van der Waals surface area contributed by atoms with Crippen LogP contribution in [0.1, 0.15) is 86.6 Å². The molecule has 3 aromatic carbocycles. The fourth-order valence-electron chi connectivity index (χ4n) is 12.2. The minimum Gasteiger partial charge on any atom is -0.493 e. The summed E-state index contributed by atoms with van der Waals surface area (Å²) in [6.45, 7) is 2.30. The maximum absolute atomic E-state index is 13.3. The molecule has 5 fully saturated rings. The van der Waals surface area contributed by atoms with Crippen LogP contribution < -0.4 is 20.5 Å². The molecular formula is C41H48N2O4. The van der Waals surface area contributed by atoms with E-state index in [4.69, 9.17) is 19.9 Å². The lowest BCUT2D eigenvalue weighted by Crippen LogP contribution is -2.80. The van der Waals surface area contributed by atoms with E-state index >= 15 is 0 Å². The number of hydrogen-bond acceptors (Lipinski definition) is 5. The van der Waals surface area contributed by atoms with Crippen molar-refractivity contribution in [3.05, 3.63) is 95.1 Å². The Bertz CT molecular complexity index is 1710. The zero-order valence-corrected chi connectivity index (χ0v) is 28.0. The molecule has 6 heteroatoms. The Morgan fingerprint density at radius 2 is 1.74 bits per heavy atom. The summed E-state index contributed by atoms with van der Waals surface area (Å²) >= 11 is 0. The van der Waals surface area contributed by atoms with E-state index < -0.39 is 17.2 Å². The van der Waals surface area contributed by atoms with Crippen LogP contribution in [0.2, 0.25) is 0 Å². The summed E-state index contributed by atoms with van der Waals surface area (Å²) in [5.74, 6) is 3.64. The number of hydrogen-bond donors (Lipinski definition) is 2. The second kappa shape index (κ2) is 10.3. The van der Waals surface area contributed by atoms with E-state index in [0.29, 0.717) is 5.92 Å². The van der Waals surface area contributed by atoms with E-state index in [2.05, 4.69) is 54.7 Å². The van der Waals surface area contributed by atoms with Crippen LogP contribution >= 0.6 is 0 Å². The normalized spacial score (nSPS) is 36.1. The zero-order chi connectivity index (χ0) is 32.2. The largest absolute Gasteiger partial charge is 0.493 e. The lowest BCUT2D eigenvalue weighted by Gasteiger charge is -2.75. The topological polar surface area (TPSA) is 82.8 Å². The molecule has 4 bridgehead atoms. The highest BCUT2D eigenvalue weighted by Gasteiger charge is 2.82. The molecule has 9 atom stereocenters. The smallest absolute Gasteiger partial charge is 0.239 e. The van der Waals surface area contributed by atoms with Crippen molar-refractivity contribution in [2.75, 3.05) is 14.2 Å². The Morgan fingerprint density at radius 1 is 1.00 bits per heavy atom.